The van der Waals surface area contributed by atoms with Crippen molar-refractivity contribution in [2.75, 3.05) is 34.4 Å². The first-order valence-corrected chi connectivity index (χ1v) is 12.1. The van der Waals surface area contributed by atoms with Crippen LogP contribution in [0.4, 0.5) is 0 Å². The molecule has 2 amide bonds. The Morgan fingerprint density at radius 2 is 1.62 bits per heavy atom. The summed E-state index contributed by atoms with van der Waals surface area (Å²) in [7, 11) is 4.52. The normalized spacial score (nSPS) is 10.6. The Morgan fingerprint density at radius 3 is 2.22 bits per heavy atom. The molecule has 1 heterocycles. The highest BCUT2D eigenvalue weighted by atomic mass is 16.5. The number of benzene rings is 2. The summed E-state index contributed by atoms with van der Waals surface area (Å²) in [6.45, 7) is 2.33. The van der Waals surface area contributed by atoms with Crippen molar-refractivity contribution in [1.82, 2.24) is 15.2 Å². The number of ether oxygens (including phenoxy) is 2. The third-order valence-corrected chi connectivity index (χ3v) is 6.00. The second-order valence-electron chi connectivity index (χ2n) is 8.47. The molecule has 3 N–H and O–H groups in total. The molecule has 9 nitrogen and oxygen atoms in total. The third-order valence-electron chi connectivity index (χ3n) is 6.00. The summed E-state index contributed by atoms with van der Waals surface area (Å²) >= 11 is 0. The number of hydrogen-bond acceptors (Lipinski definition) is 7. The van der Waals surface area contributed by atoms with Crippen LogP contribution in [0.25, 0.3) is 11.1 Å². The summed E-state index contributed by atoms with van der Waals surface area (Å²) in [5.74, 6) is -1.03. The molecule has 0 aliphatic carbocycles. The maximum Gasteiger partial charge on any atom is 0.262 e. The molecular weight excluding hydrogens is 474 g/mol. The van der Waals surface area contributed by atoms with Gasteiger partial charge in [0.25, 0.3) is 11.8 Å². The number of likely N-dealkylation sites (N-methyl/N-ethyl adjacent to an activating group) is 1. The molecule has 0 fully saturated rings. The smallest absolute Gasteiger partial charge is 0.262 e. The van der Waals surface area contributed by atoms with Crippen LogP contribution in [0.15, 0.2) is 48.5 Å². The van der Waals surface area contributed by atoms with Crippen LogP contribution in [0.1, 0.15) is 46.2 Å². The monoisotopic (exact) mass is 507 g/mol. The van der Waals surface area contributed by atoms with Crippen molar-refractivity contribution >= 4 is 11.8 Å². The lowest BCUT2D eigenvalue weighted by Crippen LogP contribution is -2.36. The molecule has 0 saturated carbocycles. The average molecular weight is 508 g/mol. The molecule has 0 atom stereocenters. The van der Waals surface area contributed by atoms with Gasteiger partial charge in [-0.15, -0.1) is 0 Å². The Hall–Kier alpha value is -4.27. The van der Waals surface area contributed by atoms with Crippen molar-refractivity contribution in [3.63, 3.8) is 0 Å². The second kappa shape index (κ2) is 12.6. The number of carbonyl (C=O) groups excluding carboxylic acids is 2. The van der Waals surface area contributed by atoms with Crippen molar-refractivity contribution in [1.29, 1.82) is 0 Å². The topological polar surface area (TPSA) is 121 Å². The van der Waals surface area contributed by atoms with Crippen molar-refractivity contribution in [2.24, 2.45) is 0 Å². The number of hydrogen-bond donors (Lipinski definition) is 3. The Morgan fingerprint density at radius 1 is 0.973 bits per heavy atom. The molecule has 3 aromatic rings. The summed E-state index contributed by atoms with van der Waals surface area (Å²) in [5, 5.41) is 24.9. The van der Waals surface area contributed by atoms with E-state index in [0.29, 0.717) is 34.7 Å². The number of nitrogens with zero attached hydrogens (tertiary/aromatic N) is 2. The summed E-state index contributed by atoms with van der Waals surface area (Å²) in [6.07, 6.45) is 2.08. The van der Waals surface area contributed by atoms with E-state index in [-0.39, 0.29) is 30.1 Å². The van der Waals surface area contributed by atoms with E-state index in [1.54, 1.807) is 42.5 Å². The molecule has 0 bridgehead atoms. The summed E-state index contributed by atoms with van der Waals surface area (Å²) in [6, 6.07) is 13.9. The fourth-order valence-electron chi connectivity index (χ4n) is 4.01. The fourth-order valence-corrected chi connectivity index (χ4v) is 4.01. The zero-order valence-electron chi connectivity index (χ0n) is 21.6. The number of rotatable bonds is 11. The SMILES string of the molecule is CCCCc1nc(O)c(C(=O)N(C)CCNC(=O)c2ccccc2)c(O)c1-c1c(OC)cccc1OC. The second-order valence-corrected chi connectivity index (χ2v) is 8.47. The van der Waals surface area contributed by atoms with Gasteiger partial charge in [-0.3, -0.25) is 9.59 Å². The van der Waals surface area contributed by atoms with Gasteiger partial charge in [0.15, 0.2) is 0 Å². The average Bonchev–Trinajstić information content (AvgIpc) is 2.91. The van der Waals surface area contributed by atoms with Crippen molar-refractivity contribution in [3.05, 3.63) is 65.4 Å². The molecule has 0 aliphatic rings. The molecule has 9 heteroatoms. The Bertz CT molecular complexity index is 1220. The number of pyridine rings is 1. The lowest BCUT2D eigenvalue weighted by Gasteiger charge is -2.22. The molecule has 0 radical (unpaired) electrons. The molecule has 1 aromatic heterocycles. The van der Waals surface area contributed by atoms with Crippen LogP contribution in [-0.4, -0.2) is 66.3 Å². The standard InChI is InChI=1S/C28H33N3O6/c1-5-6-13-19-22(23-20(36-3)14-10-15-21(23)37-4)25(32)24(27(34)30-19)28(35)31(2)17-16-29-26(33)18-11-8-7-9-12-18/h7-12,14-15H,5-6,13,16-17H2,1-4H3,(H,29,33)(H2,30,32,34). The number of nitrogens with one attached hydrogen (secondary N) is 1. The van der Waals surface area contributed by atoms with Gasteiger partial charge < -0.3 is 29.9 Å². The number of unbranched alkanes of at least 4 members (excludes halogenated alkanes) is 1. The van der Waals surface area contributed by atoms with E-state index >= 15 is 0 Å². The maximum absolute atomic E-state index is 13.3. The van der Waals surface area contributed by atoms with Crippen LogP contribution < -0.4 is 14.8 Å². The van der Waals surface area contributed by atoms with Crippen LogP contribution in [0.2, 0.25) is 0 Å². The molecule has 0 saturated heterocycles. The van der Waals surface area contributed by atoms with Gasteiger partial charge in [0, 0.05) is 25.7 Å². The van der Waals surface area contributed by atoms with Crippen molar-refractivity contribution < 1.29 is 29.3 Å². The molecule has 3 rings (SSSR count). The number of aryl methyl sites for hydroxylation is 1. The molecule has 0 spiro atoms. The van der Waals surface area contributed by atoms with Crippen LogP contribution in [0.5, 0.6) is 23.1 Å². The summed E-state index contributed by atoms with van der Waals surface area (Å²) in [4.78, 5) is 31.3. The summed E-state index contributed by atoms with van der Waals surface area (Å²) < 4.78 is 11.1. The minimum atomic E-state index is -0.645. The van der Waals surface area contributed by atoms with Crippen molar-refractivity contribution in [3.8, 4) is 34.3 Å². The number of methoxy groups -OCH3 is 2. The molecule has 0 unspecified atom stereocenters. The Kier molecular flexibility index (Phi) is 9.32. The lowest BCUT2D eigenvalue weighted by atomic mass is 9.95. The Labute approximate surface area is 216 Å². The van der Waals surface area contributed by atoms with Gasteiger partial charge in [0.05, 0.1) is 31.0 Å². The first kappa shape index (κ1) is 27.3. The number of carbonyl (C=O) groups is 2. The number of amides is 2. The van der Waals surface area contributed by atoms with E-state index in [4.69, 9.17) is 9.47 Å². The molecular formula is C28H33N3O6. The van der Waals surface area contributed by atoms with E-state index in [1.165, 1.54) is 26.2 Å². The minimum absolute atomic E-state index is 0.140. The fraction of sp³-hybridized carbons (Fsp3) is 0.321. The van der Waals surface area contributed by atoms with Gasteiger partial charge in [0.2, 0.25) is 5.88 Å². The van der Waals surface area contributed by atoms with E-state index in [1.807, 2.05) is 13.0 Å². The highest BCUT2D eigenvalue weighted by Gasteiger charge is 2.30. The number of aromatic hydroxyl groups is 2. The lowest BCUT2D eigenvalue weighted by molar-refractivity contribution is 0.0780. The first-order valence-electron chi connectivity index (χ1n) is 12.1. The predicted octanol–water partition coefficient (Wildman–Crippen LogP) is 4.02. The highest BCUT2D eigenvalue weighted by Crippen LogP contribution is 2.47. The van der Waals surface area contributed by atoms with Crippen LogP contribution >= 0.6 is 0 Å². The number of aromatic nitrogens is 1. The van der Waals surface area contributed by atoms with Gasteiger partial charge in [-0.1, -0.05) is 37.6 Å². The van der Waals surface area contributed by atoms with Gasteiger partial charge >= 0.3 is 0 Å². The zero-order chi connectivity index (χ0) is 26.9. The molecule has 2 aromatic carbocycles. The van der Waals surface area contributed by atoms with Gasteiger partial charge in [-0.25, -0.2) is 4.98 Å². The quantitative estimate of drug-likeness (QED) is 0.358. The molecule has 37 heavy (non-hydrogen) atoms. The van der Waals surface area contributed by atoms with E-state index in [0.717, 1.165) is 12.8 Å². The zero-order valence-corrected chi connectivity index (χ0v) is 21.6. The van der Waals surface area contributed by atoms with E-state index < -0.39 is 17.5 Å². The van der Waals surface area contributed by atoms with Crippen LogP contribution in [0, 0.1) is 0 Å². The van der Waals surface area contributed by atoms with Gasteiger partial charge in [-0.05, 0) is 37.1 Å². The largest absolute Gasteiger partial charge is 0.506 e. The van der Waals surface area contributed by atoms with Gasteiger partial charge in [-0.2, -0.15) is 0 Å². The van der Waals surface area contributed by atoms with Gasteiger partial charge in [0.1, 0.15) is 22.8 Å². The Balaban J connectivity index is 1.95. The van der Waals surface area contributed by atoms with E-state index in [9.17, 15) is 19.8 Å². The highest BCUT2D eigenvalue weighted by molar-refractivity contribution is 6.02. The summed E-state index contributed by atoms with van der Waals surface area (Å²) in [5.41, 5.74) is 1.31. The predicted molar refractivity (Wildman–Crippen MR) is 140 cm³/mol. The van der Waals surface area contributed by atoms with Crippen LogP contribution in [0.3, 0.4) is 0 Å². The molecule has 196 valence electrons. The minimum Gasteiger partial charge on any atom is -0.506 e. The molecule has 0 aliphatic heterocycles. The van der Waals surface area contributed by atoms with E-state index in [2.05, 4.69) is 10.3 Å². The maximum atomic E-state index is 13.3. The first-order chi connectivity index (χ1) is 17.8. The van der Waals surface area contributed by atoms with Crippen LogP contribution in [-0.2, 0) is 6.42 Å². The van der Waals surface area contributed by atoms with Crippen molar-refractivity contribution in [2.45, 2.75) is 26.2 Å². The third kappa shape index (κ3) is 6.11.